The van der Waals surface area contributed by atoms with Crippen molar-refractivity contribution in [2.75, 3.05) is 5.32 Å². The number of nitrogens with one attached hydrogen (secondary N) is 1. The Hall–Kier alpha value is -0.870. The molecule has 1 rings (SSSR count). The molecule has 1 unspecified atom stereocenters. The van der Waals surface area contributed by atoms with Crippen LogP contribution < -0.4 is 11.1 Å². The molecular weight excluding hydrogens is 268 g/mol. The Bertz CT molecular complexity index is 379. The lowest BCUT2D eigenvalue weighted by Gasteiger charge is -2.12. The first kappa shape index (κ1) is 13.2. The van der Waals surface area contributed by atoms with Gasteiger partial charge in [-0.2, -0.15) is 0 Å². The lowest BCUT2D eigenvalue weighted by molar-refractivity contribution is -0.116. The van der Waals surface area contributed by atoms with Crippen molar-refractivity contribution in [3.8, 4) is 0 Å². The number of amides is 1. The molecular formula is C12H17BrN2O. The summed E-state index contributed by atoms with van der Waals surface area (Å²) in [5.74, 6) is -0.0531. The standard InChI is InChI=1S/C12H17BrN2O/c1-7-4-8(2)12(10(13)5-7)15-11(16)6-9(3)14/h4-5,9H,6,14H2,1-3H3,(H,15,16). The highest BCUT2D eigenvalue weighted by atomic mass is 79.9. The van der Waals surface area contributed by atoms with Crippen molar-refractivity contribution in [2.45, 2.75) is 33.2 Å². The number of carbonyl (C=O) groups is 1. The van der Waals surface area contributed by atoms with E-state index in [1.165, 1.54) is 0 Å². The number of hydrogen-bond acceptors (Lipinski definition) is 2. The zero-order valence-corrected chi connectivity index (χ0v) is 11.4. The van der Waals surface area contributed by atoms with Crippen molar-refractivity contribution >= 4 is 27.5 Å². The van der Waals surface area contributed by atoms with E-state index >= 15 is 0 Å². The Balaban J connectivity index is 2.85. The summed E-state index contributed by atoms with van der Waals surface area (Å²) < 4.78 is 0.906. The largest absolute Gasteiger partial charge is 0.327 e. The molecule has 0 fully saturated rings. The summed E-state index contributed by atoms with van der Waals surface area (Å²) in [6.45, 7) is 5.81. The number of carbonyl (C=O) groups excluding carboxylic acids is 1. The van der Waals surface area contributed by atoms with Crippen LogP contribution in [0.15, 0.2) is 16.6 Å². The minimum Gasteiger partial charge on any atom is -0.327 e. The average molecular weight is 285 g/mol. The van der Waals surface area contributed by atoms with Gasteiger partial charge in [0.15, 0.2) is 0 Å². The van der Waals surface area contributed by atoms with E-state index in [2.05, 4.69) is 21.2 Å². The second-order valence-corrected chi connectivity index (χ2v) is 5.02. The van der Waals surface area contributed by atoms with Gasteiger partial charge in [0.05, 0.1) is 5.69 Å². The molecule has 0 aromatic heterocycles. The third kappa shape index (κ3) is 3.61. The molecule has 4 heteroatoms. The molecule has 0 saturated carbocycles. The van der Waals surface area contributed by atoms with E-state index in [1.54, 1.807) is 0 Å². The van der Waals surface area contributed by atoms with Crippen LogP contribution in [0.25, 0.3) is 0 Å². The minimum absolute atomic E-state index is 0.0531. The third-order valence-corrected chi connectivity index (χ3v) is 2.83. The maximum absolute atomic E-state index is 11.6. The van der Waals surface area contributed by atoms with Gasteiger partial charge in [-0.25, -0.2) is 0 Å². The van der Waals surface area contributed by atoms with E-state index < -0.39 is 0 Å². The van der Waals surface area contributed by atoms with E-state index in [0.29, 0.717) is 6.42 Å². The van der Waals surface area contributed by atoms with Crippen molar-refractivity contribution in [3.05, 3.63) is 27.7 Å². The van der Waals surface area contributed by atoms with Gasteiger partial charge in [0.25, 0.3) is 0 Å². The molecule has 1 aromatic carbocycles. The van der Waals surface area contributed by atoms with Gasteiger partial charge in [-0.1, -0.05) is 6.07 Å². The molecule has 0 radical (unpaired) electrons. The molecule has 0 saturated heterocycles. The molecule has 88 valence electrons. The second-order valence-electron chi connectivity index (χ2n) is 4.17. The third-order valence-electron chi connectivity index (χ3n) is 2.20. The molecule has 0 bridgehead atoms. The Kier molecular flexibility index (Phi) is 4.50. The van der Waals surface area contributed by atoms with Gasteiger partial charge in [0.2, 0.25) is 5.91 Å². The van der Waals surface area contributed by atoms with Crippen molar-refractivity contribution in [1.29, 1.82) is 0 Å². The summed E-state index contributed by atoms with van der Waals surface area (Å²) in [6, 6.07) is 3.89. The van der Waals surface area contributed by atoms with Crippen LogP contribution in [0.4, 0.5) is 5.69 Å². The first-order valence-corrected chi connectivity index (χ1v) is 6.01. The zero-order valence-electron chi connectivity index (χ0n) is 9.80. The molecule has 1 atom stereocenters. The summed E-state index contributed by atoms with van der Waals surface area (Å²) in [4.78, 5) is 11.6. The van der Waals surface area contributed by atoms with Gasteiger partial charge in [-0.3, -0.25) is 4.79 Å². The van der Waals surface area contributed by atoms with Crippen LogP contribution in [0.5, 0.6) is 0 Å². The normalized spacial score (nSPS) is 12.3. The average Bonchev–Trinajstić information content (AvgIpc) is 2.09. The van der Waals surface area contributed by atoms with Crippen LogP contribution in [0.1, 0.15) is 24.5 Å². The molecule has 0 heterocycles. The number of aryl methyl sites for hydroxylation is 2. The summed E-state index contributed by atoms with van der Waals surface area (Å²) in [6.07, 6.45) is 0.333. The van der Waals surface area contributed by atoms with Crippen molar-refractivity contribution in [2.24, 2.45) is 5.73 Å². The first-order chi connectivity index (χ1) is 7.40. The highest BCUT2D eigenvalue weighted by Gasteiger charge is 2.10. The van der Waals surface area contributed by atoms with Crippen molar-refractivity contribution < 1.29 is 4.79 Å². The summed E-state index contributed by atoms with van der Waals surface area (Å²) in [7, 11) is 0. The molecule has 16 heavy (non-hydrogen) atoms. The van der Waals surface area contributed by atoms with E-state index in [4.69, 9.17) is 5.73 Å². The fraction of sp³-hybridized carbons (Fsp3) is 0.417. The smallest absolute Gasteiger partial charge is 0.225 e. The first-order valence-electron chi connectivity index (χ1n) is 5.22. The molecule has 1 aromatic rings. The predicted octanol–water partition coefficient (Wildman–Crippen LogP) is 2.74. The summed E-state index contributed by atoms with van der Waals surface area (Å²) in [5.41, 5.74) is 8.61. The zero-order chi connectivity index (χ0) is 12.3. The fourth-order valence-corrected chi connectivity index (χ4v) is 2.33. The van der Waals surface area contributed by atoms with Crippen LogP contribution in [-0.4, -0.2) is 11.9 Å². The Morgan fingerprint density at radius 3 is 2.62 bits per heavy atom. The highest BCUT2D eigenvalue weighted by Crippen LogP contribution is 2.27. The second kappa shape index (κ2) is 5.46. The number of nitrogens with two attached hydrogens (primary N) is 1. The van der Waals surface area contributed by atoms with Gasteiger partial charge < -0.3 is 11.1 Å². The minimum atomic E-state index is -0.121. The van der Waals surface area contributed by atoms with Crippen LogP contribution >= 0.6 is 15.9 Å². The monoisotopic (exact) mass is 284 g/mol. The van der Waals surface area contributed by atoms with Gasteiger partial charge in [-0.15, -0.1) is 0 Å². The van der Waals surface area contributed by atoms with Crippen molar-refractivity contribution in [3.63, 3.8) is 0 Å². The van der Waals surface area contributed by atoms with Crippen LogP contribution in [-0.2, 0) is 4.79 Å². The predicted molar refractivity (Wildman–Crippen MR) is 70.5 cm³/mol. The lowest BCUT2D eigenvalue weighted by atomic mass is 10.1. The molecule has 3 nitrogen and oxygen atoms in total. The van der Waals surface area contributed by atoms with Gasteiger partial charge in [0, 0.05) is 16.9 Å². The number of benzene rings is 1. The van der Waals surface area contributed by atoms with E-state index in [0.717, 1.165) is 21.3 Å². The number of rotatable bonds is 3. The van der Waals surface area contributed by atoms with Crippen LogP contribution in [0.2, 0.25) is 0 Å². The number of hydrogen-bond donors (Lipinski definition) is 2. The SMILES string of the molecule is Cc1cc(C)c(NC(=O)CC(C)N)c(Br)c1. The van der Waals surface area contributed by atoms with Crippen LogP contribution in [0, 0.1) is 13.8 Å². The Morgan fingerprint density at radius 1 is 1.50 bits per heavy atom. The quantitative estimate of drug-likeness (QED) is 0.897. The lowest BCUT2D eigenvalue weighted by Crippen LogP contribution is -2.24. The topological polar surface area (TPSA) is 55.1 Å². The summed E-state index contributed by atoms with van der Waals surface area (Å²) in [5, 5.41) is 2.87. The number of halogens is 1. The fourth-order valence-electron chi connectivity index (χ4n) is 1.56. The maximum Gasteiger partial charge on any atom is 0.225 e. The molecule has 1 amide bonds. The van der Waals surface area contributed by atoms with E-state index in [1.807, 2.05) is 32.9 Å². The molecule has 3 N–H and O–H groups in total. The molecule has 0 spiro atoms. The Morgan fingerprint density at radius 2 is 2.12 bits per heavy atom. The maximum atomic E-state index is 11.6. The number of anilines is 1. The van der Waals surface area contributed by atoms with Gasteiger partial charge in [-0.05, 0) is 53.9 Å². The van der Waals surface area contributed by atoms with E-state index in [-0.39, 0.29) is 11.9 Å². The highest BCUT2D eigenvalue weighted by molar-refractivity contribution is 9.10. The van der Waals surface area contributed by atoms with Crippen LogP contribution in [0.3, 0.4) is 0 Å². The van der Waals surface area contributed by atoms with E-state index in [9.17, 15) is 4.79 Å². The molecule has 0 aliphatic carbocycles. The van der Waals surface area contributed by atoms with Crippen molar-refractivity contribution in [1.82, 2.24) is 0 Å². The Labute approximate surface area is 105 Å². The molecule has 0 aliphatic heterocycles. The van der Waals surface area contributed by atoms with Gasteiger partial charge >= 0.3 is 0 Å². The van der Waals surface area contributed by atoms with Gasteiger partial charge in [0.1, 0.15) is 0 Å². The molecule has 0 aliphatic rings. The summed E-state index contributed by atoms with van der Waals surface area (Å²) >= 11 is 3.45.